The van der Waals surface area contributed by atoms with E-state index >= 15 is 0 Å². The smallest absolute Gasteiger partial charge is 0.399 e. The van der Waals surface area contributed by atoms with Gasteiger partial charge >= 0.3 is 7.12 Å². The first-order chi connectivity index (χ1) is 9.35. The summed E-state index contributed by atoms with van der Waals surface area (Å²) in [5, 5.41) is -0.0970. The predicted octanol–water partition coefficient (Wildman–Crippen LogP) is 2.51. The molecule has 0 unspecified atom stereocenters. The van der Waals surface area contributed by atoms with Crippen molar-refractivity contribution in [3.8, 4) is 0 Å². The van der Waals surface area contributed by atoms with E-state index in [2.05, 4.69) is 0 Å². The summed E-state index contributed by atoms with van der Waals surface area (Å²) in [4.78, 5) is 0. The molecule has 1 heterocycles. The molecule has 0 spiro atoms. The van der Waals surface area contributed by atoms with Crippen molar-refractivity contribution in [2.24, 2.45) is 0 Å². The number of hydrogen-bond acceptors (Lipinski definition) is 3. The van der Waals surface area contributed by atoms with E-state index in [0.29, 0.717) is 0 Å². The topological polar surface area (TPSA) is 35.5 Å². The Morgan fingerprint density at radius 2 is 1.48 bits per heavy atom. The van der Waals surface area contributed by atoms with E-state index in [9.17, 15) is 13.3 Å². The first-order valence-corrected chi connectivity index (χ1v) is 9.35. The molecule has 1 aliphatic rings. The summed E-state index contributed by atoms with van der Waals surface area (Å²) in [6.07, 6.45) is 0. The van der Waals surface area contributed by atoms with Crippen LogP contribution in [0.15, 0.2) is 12.1 Å². The van der Waals surface area contributed by atoms with Gasteiger partial charge in [0.2, 0.25) is 0 Å². The fraction of sp³-hybridized carbons (Fsp3) is 0.571. The van der Waals surface area contributed by atoms with Crippen LogP contribution in [0.3, 0.4) is 0 Å². The van der Waals surface area contributed by atoms with Crippen LogP contribution in [0.25, 0.3) is 0 Å². The third kappa shape index (κ3) is 2.94. The number of benzene rings is 1. The zero-order chi connectivity index (χ0) is 16.2. The van der Waals surface area contributed by atoms with Gasteiger partial charge in [-0.15, -0.1) is 0 Å². The molecule has 3 nitrogen and oxygen atoms in total. The molecule has 2 rings (SSSR count). The number of hydrogen-bond donors (Lipinski definition) is 0. The van der Waals surface area contributed by atoms with E-state index < -0.39 is 37.1 Å². The van der Waals surface area contributed by atoms with E-state index in [1.807, 2.05) is 27.7 Å². The molecular formula is C14H20BF2O3P. The lowest BCUT2D eigenvalue weighted by Gasteiger charge is -2.32. The van der Waals surface area contributed by atoms with E-state index in [-0.39, 0.29) is 10.8 Å². The largest absolute Gasteiger partial charge is 0.497 e. The summed E-state index contributed by atoms with van der Waals surface area (Å²) < 4.78 is 51.8. The highest BCUT2D eigenvalue weighted by Crippen LogP contribution is 2.38. The quantitative estimate of drug-likeness (QED) is 0.621. The highest BCUT2D eigenvalue weighted by atomic mass is 31.2. The summed E-state index contributed by atoms with van der Waals surface area (Å²) in [7, 11) is -3.86. The fourth-order valence-corrected chi connectivity index (χ4v) is 3.12. The van der Waals surface area contributed by atoms with Gasteiger partial charge in [-0.1, -0.05) is 0 Å². The van der Waals surface area contributed by atoms with Crippen molar-refractivity contribution in [3.63, 3.8) is 0 Å². The molecule has 0 atom stereocenters. The Bertz CT molecular complexity index is 609. The Hall–Kier alpha value is -0.705. The lowest BCUT2D eigenvalue weighted by Crippen LogP contribution is -2.41. The van der Waals surface area contributed by atoms with Crippen LogP contribution in [0.2, 0.25) is 0 Å². The van der Waals surface area contributed by atoms with Crippen LogP contribution in [0.4, 0.5) is 8.78 Å². The highest BCUT2D eigenvalue weighted by Gasteiger charge is 2.52. The zero-order valence-electron chi connectivity index (χ0n) is 13.2. The van der Waals surface area contributed by atoms with Crippen molar-refractivity contribution >= 4 is 25.0 Å². The van der Waals surface area contributed by atoms with Crippen LogP contribution in [0, 0.1) is 11.6 Å². The van der Waals surface area contributed by atoms with Gasteiger partial charge in [0, 0.05) is 10.8 Å². The minimum Gasteiger partial charge on any atom is -0.399 e. The summed E-state index contributed by atoms with van der Waals surface area (Å²) in [5.41, 5.74) is -1.28. The maximum absolute atomic E-state index is 14.3. The van der Waals surface area contributed by atoms with Gasteiger partial charge in [0.25, 0.3) is 0 Å². The Morgan fingerprint density at radius 3 is 1.90 bits per heavy atom. The number of rotatable bonds is 2. The van der Waals surface area contributed by atoms with E-state index in [1.165, 1.54) is 13.3 Å². The molecule has 1 aromatic rings. The molecule has 0 N–H and O–H groups in total. The van der Waals surface area contributed by atoms with Gasteiger partial charge in [-0.05, 0) is 53.2 Å². The molecule has 116 valence electrons. The molecule has 1 fully saturated rings. The molecule has 21 heavy (non-hydrogen) atoms. The molecule has 0 saturated carbocycles. The van der Waals surface area contributed by atoms with Crippen LogP contribution in [-0.2, 0) is 13.9 Å². The molecule has 0 radical (unpaired) electrons. The molecule has 0 aliphatic carbocycles. The van der Waals surface area contributed by atoms with Crippen molar-refractivity contribution in [2.45, 2.75) is 38.9 Å². The highest BCUT2D eigenvalue weighted by molar-refractivity contribution is 7.70. The monoisotopic (exact) mass is 316 g/mol. The standard InChI is InChI=1S/C14H20BF2O3P/c1-13(2)14(3,4)20-15(19-13)9-7-11(17)12(8-10(9)16)21(5,6)18/h7-8H,1-6H3. The van der Waals surface area contributed by atoms with Crippen LogP contribution in [-0.4, -0.2) is 31.7 Å². The lowest BCUT2D eigenvalue weighted by molar-refractivity contribution is 0.00578. The molecule has 0 aromatic heterocycles. The third-order valence-corrected chi connectivity index (χ3v) is 5.66. The van der Waals surface area contributed by atoms with Crippen LogP contribution >= 0.6 is 7.14 Å². The fourth-order valence-electron chi connectivity index (χ4n) is 2.12. The van der Waals surface area contributed by atoms with Crippen molar-refractivity contribution in [2.75, 3.05) is 13.3 Å². The van der Waals surface area contributed by atoms with Crippen molar-refractivity contribution < 1.29 is 22.7 Å². The summed E-state index contributed by atoms with van der Waals surface area (Å²) in [6, 6.07) is 2.00. The van der Waals surface area contributed by atoms with E-state index in [0.717, 1.165) is 12.1 Å². The van der Waals surface area contributed by atoms with Crippen LogP contribution < -0.4 is 10.8 Å². The normalized spacial score (nSPS) is 20.9. The molecule has 1 saturated heterocycles. The maximum atomic E-state index is 14.3. The molecule has 0 amide bonds. The first-order valence-electron chi connectivity index (χ1n) is 6.75. The second kappa shape index (κ2) is 4.90. The van der Waals surface area contributed by atoms with Gasteiger partial charge in [0.15, 0.2) is 0 Å². The summed E-state index contributed by atoms with van der Waals surface area (Å²) in [5.74, 6) is -1.37. The van der Waals surface area contributed by atoms with Gasteiger partial charge in [-0.3, -0.25) is 0 Å². The van der Waals surface area contributed by atoms with Gasteiger partial charge in [0.05, 0.1) is 11.2 Å². The Balaban J connectivity index is 2.44. The number of halogens is 2. The lowest BCUT2D eigenvalue weighted by atomic mass is 9.78. The van der Waals surface area contributed by atoms with Crippen LogP contribution in [0.5, 0.6) is 0 Å². The minimum atomic E-state index is -2.88. The minimum absolute atomic E-state index is 0.0108. The molecule has 1 aliphatic heterocycles. The van der Waals surface area contributed by atoms with Crippen molar-refractivity contribution in [3.05, 3.63) is 23.8 Å². The van der Waals surface area contributed by atoms with Crippen molar-refractivity contribution in [1.82, 2.24) is 0 Å². The van der Waals surface area contributed by atoms with Crippen molar-refractivity contribution in [1.29, 1.82) is 0 Å². The Morgan fingerprint density at radius 1 is 1.00 bits per heavy atom. The predicted molar refractivity (Wildman–Crippen MR) is 81.2 cm³/mol. The molecule has 1 aromatic carbocycles. The summed E-state index contributed by atoms with van der Waals surface area (Å²) >= 11 is 0. The second-order valence-electron chi connectivity index (χ2n) is 6.76. The van der Waals surface area contributed by atoms with E-state index in [4.69, 9.17) is 9.31 Å². The third-order valence-electron chi connectivity index (χ3n) is 4.15. The second-order valence-corrected chi connectivity index (χ2v) is 9.95. The van der Waals surface area contributed by atoms with Gasteiger partial charge in [-0.2, -0.15) is 0 Å². The Kier molecular flexibility index (Phi) is 3.89. The van der Waals surface area contributed by atoms with Gasteiger partial charge in [-0.25, -0.2) is 8.78 Å². The summed E-state index contributed by atoms with van der Waals surface area (Å²) in [6.45, 7) is 10.1. The average molecular weight is 316 g/mol. The molecule has 0 bridgehead atoms. The van der Waals surface area contributed by atoms with Crippen LogP contribution in [0.1, 0.15) is 27.7 Å². The first kappa shape index (κ1) is 16.7. The zero-order valence-corrected chi connectivity index (χ0v) is 14.1. The van der Waals surface area contributed by atoms with Gasteiger partial charge < -0.3 is 13.9 Å². The van der Waals surface area contributed by atoms with E-state index in [1.54, 1.807) is 0 Å². The maximum Gasteiger partial charge on any atom is 0.497 e. The molecular weight excluding hydrogens is 296 g/mol. The Labute approximate surface area is 124 Å². The van der Waals surface area contributed by atoms with Gasteiger partial charge in [0.1, 0.15) is 18.8 Å². The molecule has 7 heteroatoms. The SMILES string of the molecule is CC1(C)OB(c2cc(F)c(P(C)(C)=O)cc2F)OC1(C)C. The average Bonchev–Trinajstić information content (AvgIpc) is 2.49.